The summed E-state index contributed by atoms with van der Waals surface area (Å²) in [6.45, 7) is 4.13. The molecule has 7 heteroatoms. The summed E-state index contributed by atoms with van der Waals surface area (Å²) in [6, 6.07) is 0. The zero-order valence-electron chi connectivity index (χ0n) is 11.9. The Bertz CT molecular complexity index is 513. The van der Waals surface area contributed by atoms with E-state index in [1.54, 1.807) is 0 Å². The number of hydrogen-bond donors (Lipinski definition) is 1. The first kappa shape index (κ1) is 16.3. The molecular formula is C14H18F3NO2S. The SMILES string of the molecule is CC(C)C1CCC(C(=O)O)C(c2cnc(C(F)(F)F)s2)C1. The van der Waals surface area contributed by atoms with Gasteiger partial charge in [-0.05, 0) is 31.1 Å². The van der Waals surface area contributed by atoms with E-state index in [1.165, 1.54) is 6.20 Å². The van der Waals surface area contributed by atoms with Crippen molar-refractivity contribution in [2.45, 2.75) is 45.2 Å². The molecule has 1 aliphatic carbocycles. The minimum Gasteiger partial charge on any atom is -0.481 e. The van der Waals surface area contributed by atoms with Crippen LogP contribution in [0.25, 0.3) is 0 Å². The van der Waals surface area contributed by atoms with Gasteiger partial charge in [-0.15, -0.1) is 11.3 Å². The Labute approximate surface area is 125 Å². The molecule has 1 saturated carbocycles. The van der Waals surface area contributed by atoms with Gasteiger partial charge in [0.1, 0.15) is 0 Å². The molecule has 0 amide bonds. The van der Waals surface area contributed by atoms with Gasteiger partial charge >= 0.3 is 12.1 Å². The number of carbonyl (C=O) groups is 1. The fourth-order valence-corrected chi connectivity index (χ4v) is 3.97. The normalized spacial score (nSPS) is 27.0. The van der Waals surface area contributed by atoms with Crippen molar-refractivity contribution in [2.24, 2.45) is 17.8 Å². The van der Waals surface area contributed by atoms with Gasteiger partial charge in [0, 0.05) is 17.0 Å². The van der Waals surface area contributed by atoms with E-state index in [0.29, 0.717) is 40.9 Å². The van der Waals surface area contributed by atoms with E-state index in [0.717, 1.165) is 6.42 Å². The minimum absolute atomic E-state index is 0.349. The molecule has 2 rings (SSSR count). The quantitative estimate of drug-likeness (QED) is 0.897. The molecule has 0 bridgehead atoms. The third-order valence-corrected chi connectivity index (χ3v) is 5.46. The van der Waals surface area contributed by atoms with E-state index in [1.807, 2.05) is 0 Å². The van der Waals surface area contributed by atoms with Crippen LogP contribution in [0.3, 0.4) is 0 Å². The van der Waals surface area contributed by atoms with Gasteiger partial charge in [-0.2, -0.15) is 13.2 Å². The van der Waals surface area contributed by atoms with E-state index >= 15 is 0 Å². The fraction of sp³-hybridized carbons (Fsp3) is 0.714. The molecule has 1 heterocycles. The van der Waals surface area contributed by atoms with Crippen LogP contribution in [0, 0.1) is 17.8 Å². The molecule has 0 spiro atoms. The maximum absolute atomic E-state index is 12.7. The molecule has 0 saturated heterocycles. The highest BCUT2D eigenvalue weighted by Crippen LogP contribution is 2.46. The molecule has 3 nitrogen and oxygen atoms in total. The lowest BCUT2D eigenvalue weighted by atomic mass is 9.70. The molecule has 1 aromatic rings. The van der Waals surface area contributed by atoms with Crippen LogP contribution in [0.5, 0.6) is 0 Å². The molecule has 1 fully saturated rings. The second-order valence-electron chi connectivity index (χ2n) is 5.93. The summed E-state index contributed by atoms with van der Waals surface area (Å²) < 4.78 is 38.0. The first-order valence-electron chi connectivity index (χ1n) is 6.96. The number of nitrogens with zero attached hydrogens (tertiary/aromatic N) is 1. The number of thiazole rings is 1. The molecule has 1 aromatic heterocycles. The maximum atomic E-state index is 12.7. The first-order valence-corrected chi connectivity index (χ1v) is 7.77. The first-order chi connectivity index (χ1) is 9.70. The van der Waals surface area contributed by atoms with Crippen molar-refractivity contribution in [3.63, 3.8) is 0 Å². The highest BCUT2D eigenvalue weighted by Gasteiger charge is 2.40. The summed E-state index contributed by atoms with van der Waals surface area (Å²) in [5.74, 6) is -1.15. The van der Waals surface area contributed by atoms with Gasteiger partial charge in [0.2, 0.25) is 0 Å². The predicted octanol–water partition coefficient (Wildman–Crippen LogP) is 4.40. The van der Waals surface area contributed by atoms with Gasteiger partial charge in [0.25, 0.3) is 0 Å². The lowest BCUT2D eigenvalue weighted by Gasteiger charge is -2.35. The van der Waals surface area contributed by atoms with Gasteiger partial charge < -0.3 is 5.11 Å². The summed E-state index contributed by atoms with van der Waals surface area (Å²) in [5.41, 5.74) is 0. The number of rotatable bonds is 3. The highest BCUT2D eigenvalue weighted by atomic mass is 32.1. The zero-order chi connectivity index (χ0) is 15.8. The van der Waals surface area contributed by atoms with Gasteiger partial charge in [-0.1, -0.05) is 13.8 Å². The molecule has 21 heavy (non-hydrogen) atoms. The molecule has 0 aliphatic heterocycles. The Morgan fingerprint density at radius 3 is 2.57 bits per heavy atom. The van der Waals surface area contributed by atoms with Crippen LogP contribution in [-0.2, 0) is 11.0 Å². The average Bonchev–Trinajstić information content (AvgIpc) is 2.87. The number of halogens is 3. The molecule has 1 N–H and O–H groups in total. The van der Waals surface area contributed by atoms with Crippen LogP contribution in [0.4, 0.5) is 13.2 Å². The Balaban J connectivity index is 2.27. The van der Waals surface area contributed by atoms with E-state index in [-0.39, 0.29) is 5.92 Å². The largest absolute Gasteiger partial charge is 0.481 e. The number of hydrogen-bond acceptors (Lipinski definition) is 3. The number of carboxylic acid groups (broad SMARTS) is 1. The highest BCUT2D eigenvalue weighted by molar-refractivity contribution is 7.11. The Hall–Kier alpha value is -1.11. The Kier molecular flexibility index (Phi) is 4.60. The van der Waals surface area contributed by atoms with Crippen LogP contribution >= 0.6 is 11.3 Å². The van der Waals surface area contributed by atoms with Crippen molar-refractivity contribution in [2.75, 3.05) is 0 Å². The molecule has 118 valence electrons. The minimum atomic E-state index is -4.46. The van der Waals surface area contributed by atoms with E-state index in [2.05, 4.69) is 18.8 Å². The number of aliphatic carboxylic acids is 1. The Morgan fingerprint density at radius 2 is 2.10 bits per heavy atom. The summed E-state index contributed by atoms with van der Waals surface area (Å²) in [7, 11) is 0. The van der Waals surface area contributed by atoms with Gasteiger partial charge in [-0.3, -0.25) is 4.79 Å². The maximum Gasteiger partial charge on any atom is 0.443 e. The zero-order valence-corrected chi connectivity index (χ0v) is 12.7. The van der Waals surface area contributed by atoms with E-state index in [4.69, 9.17) is 0 Å². The van der Waals surface area contributed by atoms with Crippen molar-refractivity contribution in [3.05, 3.63) is 16.1 Å². The van der Waals surface area contributed by atoms with Crippen molar-refractivity contribution in [1.29, 1.82) is 0 Å². The summed E-state index contributed by atoms with van der Waals surface area (Å²) in [6.07, 6.45) is -1.31. The number of alkyl halides is 3. The Morgan fingerprint density at radius 1 is 1.43 bits per heavy atom. The topological polar surface area (TPSA) is 50.2 Å². The second-order valence-corrected chi connectivity index (χ2v) is 7.00. The third kappa shape index (κ3) is 3.56. The smallest absolute Gasteiger partial charge is 0.443 e. The van der Waals surface area contributed by atoms with Crippen LogP contribution in [0.15, 0.2) is 6.20 Å². The third-order valence-electron chi connectivity index (χ3n) is 4.28. The fourth-order valence-electron chi connectivity index (χ4n) is 3.01. The lowest BCUT2D eigenvalue weighted by molar-refractivity contribution is -0.144. The molecule has 0 aromatic carbocycles. The van der Waals surface area contributed by atoms with Crippen LogP contribution in [0.2, 0.25) is 0 Å². The van der Waals surface area contributed by atoms with Crippen molar-refractivity contribution in [1.82, 2.24) is 4.98 Å². The number of carboxylic acids is 1. The molecule has 0 radical (unpaired) electrons. The van der Waals surface area contributed by atoms with Crippen molar-refractivity contribution >= 4 is 17.3 Å². The van der Waals surface area contributed by atoms with Crippen LogP contribution in [-0.4, -0.2) is 16.1 Å². The van der Waals surface area contributed by atoms with Crippen molar-refractivity contribution < 1.29 is 23.1 Å². The monoisotopic (exact) mass is 321 g/mol. The molecule has 3 atom stereocenters. The number of aromatic nitrogens is 1. The standard InChI is InChI=1S/C14H18F3NO2S/c1-7(2)8-3-4-9(12(19)20)10(5-8)11-6-18-13(21-11)14(15,16)17/h6-10H,3-5H2,1-2H3,(H,19,20). The van der Waals surface area contributed by atoms with Crippen LogP contribution in [0.1, 0.15) is 48.9 Å². The van der Waals surface area contributed by atoms with Gasteiger partial charge in [0.05, 0.1) is 5.92 Å². The molecule has 1 aliphatic rings. The predicted molar refractivity (Wildman–Crippen MR) is 73.2 cm³/mol. The summed E-state index contributed by atoms with van der Waals surface area (Å²) in [5, 5.41) is 8.43. The van der Waals surface area contributed by atoms with Gasteiger partial charge in [-0.25, -0.2) is 4.98 Å². The summed E-state index contributed by atoms with van der Waals surface area (Å²) in [4.78, 5) is 15.3. The summed E-state index contributed by atoms with van der Waals surface area (Å²) >= 11 is 0.582. The van der Waals surface area contributed by atoms with Gasteiger partial charge in [0.15, 0.2) is 5.01 Å². The van der Waals surface area contributed by atoms with Crippen molar-refractivity contribution in [3.8, 4) is 0 Å². The van der Waals surface area contributed by atoms with Crippen LogP contribution < -0.4 is 0 Å². The van der Waals surface area contributed by atoms with E-state index in [9.17, 15) is 23.1 Å². The van der Waals surface area contributed by atoms with E-state index < -0.39 is 23.1 Å². The average molecular weight is 321 g/mol. The molecular weight excluding hydrogens is 303 g/mol. The molecule has 3 unspecified atom stereocenters. The second kappa shape index (κ2) is 5.94. The lowest BCUT2D eigenvalue weighted by Crippen LogP contribution is -2.30.